The average Bonchev–Trinajstić information content (AvgIpc) is 3.16. The maximum Gasteiger partial charge on any atom is 0.273 e. The Labute approximate surface area is 146 Å². The summed E-state index contributed by atoms with van der Waals surface area (Å²) in [7, 11) is 0. The number of carbonyl (C=O) groups excluding carboxylic acids is 1. The molecule has 3 rings (SSSR count). The van der Waals surface area contributed by atoms with Crippen molar-refractivity contribution in [2.75, 3.05) is 19.6 Å². The van der Waals surface area contributed by atoms with E-state index in [-0.39, 0.29) is 17.7 Å². The Morgan fingerprint density at radius 2 is 2.36 bits per heavy atom. The van der Waals surface area contributed by atoms with Crippen LogP contribution < -0.4 is 5.32 Å². The largest absolute Gasteiger partial charge is 0.392 e. The SMILES string of the molecule is Cc1n[nH]c(C)c1CCNC(=O)c1cc(CN2CCC[C@@H](O)C2)on1. The van der Waals surface area contributed by atoms with Crippen LogP contribution in [-0.4, -0.2) is 57.0 Å². The Hall–Kier alpha value is -2.19. The number of aliphatic hydroxyl groups is 1. The zero-order valence-corrected chi connectivity index (χ0v) is 14.7. The minimum atomic E-state index is -0.283. The average molecular weight is 347 g/mol. The van der Waals surface area contributed by atoms with Gasteiger partial charge >= 0.3 is 0 Å². The summed E-state index contributed by atoms with van der Waals surface area (Å²) in [5, 5.41) is 23.5. The van der Waals surface area contributed by atoms with Crippen molar-refractivity contribution in [2.45, 2.75) is 45.8 Å². The lowest BCUT2D eigenvalue weighted by molar-refractivity contribution is 0.0622. The Bertz CT molecular complexity index is 704. The number of β-amino-alcohol motifs (C(OH)–C–C–N with tert-alkyl or cyclic N) is 1. The molecule has 1 saturated heterocycles. The maximum absolute atomic E-state index is 12.2. The molecule has 3 N–H and O–H groups in total. The molecular formula is C17H25N5O3. The summed E-state index contributed by atoms with van der Waals surface area (Å²) in [6.07, 6.45) is 2.25. The summed E-state index contributed by atoms with van der Waals surface area (Å²) in [6.45, 7) is 6.54. The zero-order chi connectivity index (χ0) is 17.8. The second kappa shape index (κ2) is 7.79. The molecule has 1 aliphatic heterocycles. The number of amides is 1. The number of aromatic amines is 1. The summed E-state index contributed by atoms with van der Waals surface area (Å²) in [6, 6.07) is 1.67. The molecular weight excluding hydrogens is 322 g/mol. The van der Waals surface area contributed by atoms with Gasteiger partial charge in [0.25, 0.3) is 5.91 Å². The van der Waals surface area contributed by atoms with Crippen LogP contribution in [0.25, 0.3) is 0 Å². The third-order valence-electron chi connectivity index (χ3n) is 4.59. The van der Waals surface area contributed by atoms with Gasteiger partial charge in [0.05, 0.1) is 18.3 Å². The third-order valence-corrected chi connectivity index (χ3v) is 4.59. The number of rotatable bonds is 6. The smallest absolute Gasteiger partial charge is 0.273 e. The highest BCUT2D eigenvalue weighted by Gasteiger charge is 2.20. The molecule has 8 nitrogen and oxygen atoms in total. The van der Waals surface area contributed by atoms with Gasteiger partial charge in [0.2, 0.25) is 0 Å². The van der Waals surface area contributed by atoms with Crippen LogP contribution in [0.2, 0.25) is 0 Å². The lowest BCUT2D eigenvalue weighted by atomic mass is 10.1. The third kappa shape index (κ3) is 4.46. The molecule has 1 amide bonds. The second-order valence-electron chi connectivity index (χ2n) is 6.63. The van der Waals surface area contributed by atoms with Gasteiger partial charge in [-0.15, -0.1) is 0 Å². The molecule has 1 fully saturated rings. The number of aryl methyl sites for hydroxylation is 2. The number of hydrogen-bond acceptors (Lipinski definition) is 6. The lowest BCUT2D eigenvalue weighted by Crippen LogP contribution is -2.37. The lowest BCUT2D eigenvalue weighted by Gasteiger charge is -2.28. The molecule has 1 aliphatic rings. The van der Waals surface area contributed by atoms with Crippen LogP contribution in [0.4, 0.5) is 0 Å². The van der Waals surface area contributed by atoms with Crippen molar-refractivity contribution in [1.82, 2.24) is 25.6 Å². The number of carbonyl (C=O) groups is 1. The second-order valence-corrected chi connectivity index (χ2v) is 6.63. The molecule has 3 heterocycles. The molecule has 1 atom stereocenters. The van der Waals surface area contributed by atoms with Gasteiger partial charge in [-0.2, -0.15) is 5.10 Å². The first kappa shape index (κ1) is 17.6. The monoisotopic (exact) mass is 347 g/mol. The van der Waals surface area contributed by atoms with E-state index in [2.05, 4.69) is 25.6 Å². The molecule has 2 aromatic heterocycles. The highest BCUT2D eigenvalue weighted by Crippen LogP contribution is 2.14. The van der Waals surface area contributed by atoms with Crippen LogP contribution in [0.1, 0.15) is 46.0 Å². The summed E-state index contributed by atoms with van der Waals surface area (Å²) in [5.74, 6) is 0.397. The van der Waals surface area contributed by atoms with Crippen molar-refractivity contribution >= 4 is 5.91 Å². The maximum atomic E-state index is 12.2. The molecule has 0 spiro atoms. The predicted molar refractivity (Wildman–Crippen MR) is 91.1 cm³/mol. The van der Waals surface area contributed by atoms with Gasteiger partial charge in [-0.25, -0.2) is 0 Å². The van der Waals surface area contributed by atoms with E-state index in [1.807, 2.05) is 13.8 Å². The molecule has 136 valence electrons. The fourth-order valence-electron chi connectivity index (χ4n) is 3.22. The van der Waals surface area contributed by atoms with Crippen molar-refractivity contribution in [2.24, 2.45) is 0 Å². The number of aromatic nitrogens is 3. The van der Waals surface area contributed by atoms with E-state index >= 15 is 0 Å². The molecule has 0 saturated carbocycles. The molecule has 0 unspecified atom stereocenters. The van der Waals surface area contributed by atoms with Crippen molar-refractivity contribution in [1.29, 1.82) is 0 Å². The number of aliphatic hydroxyl groups excluding tert-OH is 1. The number of piperidine rings is 1. The van der Waals surface area contributed by atoms with E-state index < -0.39 is 0 Å². The highest BCUT2D eigenvalue weighted by molar-refractivity contribution is 5.92. The zero-order valence-electron chi connectivity index (χ0n) is 14.7. The molecule has 25 heavy (non-hydrogen) atoms. The summed E-state index contributed by atoms with van der Waals surface area (Å²) in [5.41, 5.74) is 3.40. The number of likely N-dealkylation sites (tertiary alicyclic amines) is 1. The number of hydrogen-bond donors (Lipinski definition) is 3. The minimum Gasteiger partial charge on any atom is -0.392 e. The molecule has 0 radical (unpaired) electrons. The molecule has 0 aliphatic carbocycles. The first-order valence-corrected chi connectivity index (χ1v) is 8.67. The van der Waals surface area contributed by atoms with Gasteiger partial charge in [0.15, 0.2) is 11.5 Å². The standard InChI is InChI=1S/C17H25N5O3/c1-11-15(12(2)20-19-11)5-6-18-17(24)16-8-14(25-21-16)10-22-7-3-4-13(23)9-22/h8,13,23H,3-7,9-10H2,1-2H3,(H,18,24)(H,19,20)/t13-/m1/s1. The van der Waals surface area contributed by atoms with Crippen LogP contribution in [0.15, 0.2) is 10.6 Å². The van der Waals surface area contributed by atoms with Crippen LogP contribution in [0.3, 0.4) is 0 Å². The van der Waals surface area contributed by atoms with Gasteiger partial charge in [0, 0.05) is 24.8 Å². The van der Waals surface area contributed by atoms with Gasteiger partial charge < -0.3 is 14.9 Å². The first-order chi connectivity index (χ1) is 12.0. The van der Waals surface area contributed by atoms with Crippen LogP contribution in [0.5, 0.6) is 0 Å². The number of nitrogens with zero attached hydrogens (tertiary/aromatic N) is 3. The van der Waals surface area contributed by atoms with Crippen LogP contribution in [0, 0.1) is 13.8 Å². The predicted octanol–water partition coefficient (Wildman–Crippen LogP) is 0.944. The topological polar surface area (TPSA) is 107 Å². The molecule has 0 bridgehead atoms. The normalized spacial score (nSPS) is 18.4. The van der Waals surface area contributed by atoms with E-state index in [0.717, 1.165) is 42.8 Å². The highest BCUT2D eigenvalue weighted by atomic mass is 16.5. The van der Waals surface area contributed by atoms with Crippen LogP contribution >= 0.6 is 0 Å². The number of H-pyrrole nitrogens is 1. The Kier molecular flexibility index (Phi) is 5.50. The fourth-order valence-corrected chi connectivity index (χ4v) is 3.22. The Morgan fingerprint density at radius 3 is 3.08 bits per heavy atom. The molecule has 8 heteroatoms. The van der Waals surface area contributed by atoms with E-state index in [0.29, 0.717) is 25.4 Å². The molecule has 0 aromatic carbocycles. The van der Waals surface area contributed by atoms with Gasteiger partial charge in [-0.1, -0.05) is 5.16 Å². The van der Waals surface area contributed by atoms with Crippen molar-refractivity contribution in [3.63, 3.8) is 0 Å². The van der Waals surface area contributed by atoms with Gasteiger partial charge in [-0.3, -0.25) is 14.8 Å². The summed E-state index contributed by atoms with van der Waals surface area (Å²) < 4.78 is 5.27. The fraction of sp³-hybridized carbons (Fsp3) is 0.588. The Morgan fingerprint density at radius 1 is 1.52 bits per heavy atom. The van der Waals surface area contributed by atoms with E-state index in [1.165, 1.54) is 0 Å². The quantitative estimate of drug-likeness (QED) is 0.718. The van der Waals surface area contributed by atoms with Crippen molar-refractivity contribution in [3.05, 3.63) is 34.5 Å². The van der Waals surface area contributed by atoms with Crippen molar-refractivity contribution in [3.8, 4) is 0 Å². The van der Waals surface area contributed by atoms with Gasteiger partial charge in [-0.05, 0) is 45.2 Å². The van der Waals surface area contributed by atoms with Crippen molar-refractivity contribution < 1.29 is 14.4 Å². The molecule has 2 aromatic rings. The van der Waals surface area contributed by atoms with E-state index in [4.69, 9.17) is 4.52 Å². The Balaban J connectivity index is 1.49. The van der Waals surface area contributed by atoms with Gasteiger partial charge in [0.1, 0.15) is 0 Å². The minimum absolute atomic E-state index is 0.243. The number of nitrogens with one attached hydrogen (secondary N) is 2. The first-order valence-electron chi connectivity index (χ1n) is 8.67. The van der Waals surface area contributed by atoms with Crippen LogP contribution in [-0.2, 0) is 13.0 Å². The summed E-state index contributed by atoms with van der Waals surface area (Å²) >= 11 is 0. The summed E-state index contributed by atoms with van der Waals surface area (Å²) in [4.78, 5) is 14.3. The van der Waals surface area contributed by atoms with E-state index in [1.54, 1.807) is 6.07 Å². The van der Waals surface area contributed by atoms with E-state index in [9.17, 15) is 9.90 Å².